The van der Waals surface area contributed by atoms with Gasteiger partial charge in [0.2, 0.25) is 11.6 Å². The van der Waals surface area contributed by atoms with Crippen LogP contribution in [0.25, 0.3) is 0 Å². The molecule has 1 rings (SSSR count). The molecule has 15 heavy (non-hydrogen) atoms. The first-order valence-corrected chi connectivity index (χ1v) is 4.54. The summed E-state index contributed by atoms with van der Waals surface area (Å²) in [6.45, 7) is 3.18. The molecular formula is C9H5F3O2S. The molecule has 80 valence electrons. The van der Waals surface area contributed by atoms with Gasteiger partial charge in [0.25, 0.3) is 0 Å². The predicted molar refractivity (Wildman–Crippen MR) is 50.0 cm³/mol. The third kappa shape index (κ3) is 3.39. The Bertz CT molecular complexity index is 391. The number of hydrogen-bond acceptors (Lipinski definition) is 3. The minimum Gasteiger partial charge on any atom is -0.286 e. The average molecular weight is 234 g/mol. The smallest absolute Gasteiger partial charge is 0.286 e. The van der Waals surface area contributed by atoms with E-state index >= 15 is 0 Å². The average Bonchev–Trinajstić information content (AvgIpc) is 2.06. The van der Waals surface area contributed by atoms with Crippen LogP contribution in [0.5, 0.6) is 0 Å². The first-order chi connectivity index (χ1) is 6.79. The van der Waals surface area contributed by atoms with Gasteiger partial charge < -0.3 is 0 Å². The molecule has 0 aliphatic heterocycles. The van der Waals surface area contributed by atoms with Crippen molar-refractivity contribution in [1.82, 2.24) is 0 Å². The van der Waals surface area contributed by atoms with Crippen molar-refractivity contribution in [1.29, 1.82) is 0 Å². The summed E-state index contributed by atoms with van der Waals surface area (Å²) in [5.74, 6) is -1.58. The van der Waals surface area contributed by atoms with E-state index in [0.717, 1.165) is 18.2 Å². The van der Waals surface area contributed by atoms with E-state index in [0.29, 0.717) is 0 Å². The number of allylic oxidation sites excluding steroid dienone is 4. The molecule has 0 N–H and O–H groups in total. The quantitative estimate of drug-likeness (QED) is 0.543. The lowest BCUT2D eigenvalue weighted by atomic mass is 10.1. The Balaban J connectivity index is 2.79. The summed E-state index contributed by atoms with van der Waals surface area (Å²) >= 11 is -0.411. The lowest BCUT2D eigenvalue weighted by molar-refractivity contribution is -0.131. The Labute approximate surface area is 87.5 Å². The van der Waals surface area contributed by atoms with Gasteiger partial charge in [0.1, 0.15) is 0 Å². The molecule has 0 heterocycles. The summed E-state index contributed by atoms with van der Waals surface area (Å²) < 4.78 is 35.8. The second-order valence-electron chi connectivity index (χ2n) is 2.63. The molecule has 0 unspecified atom stereocenters. The summed E-state index contributed by atoms with van der Waals surface area (Å²) in [5.41, 5.74) is -4.43. The Hall–Kier alpha value is -1.30. The lowest BCUT2D eigenvalue weighted by Crippen LogP contribution is -2.12. The number of thioether (sulfide) groups is 1. The molecular weight excluding hydrogens is 229 g/mol. The number of alkyl halides is 3. The van der Waals surface area contributed by atoms with Crippen molar-refractivity contribution in [3.05, 3.63) is 35.3 Å². The van der Waals surface area contributed by atoms with Crippen LogP contribution in [0.15, 0.2) is 35.3 Å². The first-order valence-electron chi connectivity index (χ1n) is 3.73. The van der Waals surface area contributed by atoms with Crippen molar-refractivity contribution in [3.8, 4) is 0 Å². The first kappa shape index (κ1) is 11.8. The van der Waals surface area contributed by atoms with Gasteiger partial charge in [-0.2, -0.15) is 13.2 Å². The molecule has 0 spiro atoms. The van der Waals surface area contributed by atoms with Gasteiger partial charge in [-0.1, -0.05) is 6.58 Å². The summed E-state index contributed by atoms with van der Waals surface area (Å²) in [5, 5.41) is 0. The Morgan fingerprint density at radius 2 is 1.80 bits per heavy atom. The molecule has 0 atom stereocenters. The van der Waals surface area contributed by atoms with E-state index in [-0.39, 0.29) is 10.5 Å². The molecule has 0 aromatic rings. The number of hydrogen-bond donors (Lipinski definition) is 0. The van der Waals surface area contributed by atoms with Crippen LogP contribution in [0, 0.1) is 0 Å². The molecule has 0 saturated heterocycles. The van der Waals surface area contributed by atoms with Crippen LogP contribution < -0.4 is 0 Å². The number of rotatable bonds is 2. The van der Waals surface area contributed by atoms with Crippen molar-refractivity contribution >= 4 is 23.3 Å². The highest BCUT2D eigenvalue weighted by Crippen LogP contribution is 2.39. The topological polar surface area (TPSA) is 34.1 Å². The monoisotopic (exact) mass is 234 g/mol. The Morgan fingerprint density at radius 1 is 1.20 bits per heavy atom. The van der Waals surface area contributed by atoms with Crippen LogP contribution >= 0.6 is 11.8 Å². The Kier molecular flexibility index (Phi) is 3.18. The van der Waals surface area contributed by atoms with Crippen LogP contribution in [0.2, 0.25) is 0 Å². The highest BCUT2D eigenvalue weighted by atomic mass is 32.2. The fourth-order valence-corrected chi connectivity index (χ4v) is 1.40. The standard InChI is InChI=1S/C9H5F3O2S/c1-5(15-9(10,11)12)6-2-3-7(13)8(14)4-6/h2-4H,1H2. The summed E-state index contributed by atoms with van der Waals surface area (Å²) in [7, 11) is 0. The highest BCUT2D eigenvalue weighted by Gasteiger charge is 2.31. The van der Waals surface area contributed by atoms with Crippen molar-refractivity contribution in [2.75, 3.05) is 0 Å². The van der Waals surface area contributed by atoms with Crippen molar-refractivity contribution in [2.24, 2.45) is 0 Å². The fraction of sp³-hybridized carbons (Fsp3) is 0.111. The summed E-state index contributed by atoms with van der Waals surface area (Å²) in [4.78, 5) is 21.3. The van der Waals surface area contributed by atoms with E-state index in [1.807, 2.05) is 0 Å². The minimum atomic E-state index is -4.45. The maximum Gasteiger partial charge on any atom is 0.446 e. The lowest BCUT2D eigenvalue weighted by Gasteiger charge is -2.10. The van der Waals surface area contributed by atoms with Crippen LogP contribution in [-0.4, -0.2) is 17.1 Å². The van der Waals surface area contributed by atoms with Crippen molar-refractivity contribution in [3.63, 3.8) is 0 Å². The second-order valence-corrected chi connectivity index (χ2v) is 3.79. The molecule has 0 bridgehead atoms. The van der Waals surface area contributed by atoms with E-state index in [1.165, 1.54) is 0 Å². The maximum absolute atomic E-state index is 11.9. The molecule has 0 radical (unpaired) electrons. The third-order valence-corrected chi connectivity index (χ3v) is 2.22. The molecule has 0 saturated carbocycles. The molecule has 0 aromatic heterocycles. The van der Waals surface area contributed by atoms with Gasteiger partial charge in [-0.3, -0.25) is 9.59 Å². The molecule has 2 nitrogen and oxygen atoms in total. The van der Waals surface area contributed by atoms with Crippen molar-refractivity contribution in [2.45, 2.75) is 5.51 Å². The molecule has 6 heteroatoms. The van der Waals surface area contributed by atoms with Gasteiger partial charge in [-0.25, -0.2) is 0 Å². The maximum atomic E-state index is 11.9. The number of carbonyl (C=O) groups excluding carboxylic acids is 2. The van der Waals surface area contributed by atoms with Gasteiger partial charge in [0.05, 0.1) is 0 Å². The molecule has 0 amide bonds. The van der Waals surface area contributed by atoms with Crippen LogP contribution in [0.4, 0.5) is 13.2 Å². The second kappa shape index (κ2) is 4.06. The van der Waals surface area contributed by atoms with Crippen LogP contribution in [0.3, 0.4) is 0 Å². The normalized spacial score (nSPS) is 16.6. The van der Waals surface area contributed by atoms with Gasteiger partial charge >= 0.3 is 5.51 Å². The molecule has 0 aromatic carbocycles. The third-order valence-electron chi connectivity index (χ3n) is 1.50. The van der Waals surface area contributed by atoms with E-state index in [1.54, 1.807) is 0 Å². The summed E-state index contributed by atoms with van der Waals surface area (Å²) in [6, 6.07) is 0. The van der Waals surface area contributed by atoms with E-state index < -0.39 is 28.8 Å². The zero-order valence-corrected chi connectivity index (χ0v) is 8.11. The van der Waals surface area contributed by atoms with E-state index in [2.05, 4.69) is 6.58 Å². The van der Waals surface area contributed by atoms with Crippen molar-refractivity contribution < 1.29 is 22.8 Å². The molecule has 1 aliphatic rings. The summed E-state index contributed by atoms with van der Waals surface area (Å²) in [6.07, 6.45) is 2.92. The molecule has 1 aliphatic carbocycles. The zero-order chi connectivity index (χ0) is 11.6. The number of halogens is 3. The number of ketones is 2. The van der Waals surface area contributed by atoms with E-state index in [9.17, 15) is 22.8 Å². The van der Waals surface area contributed by atoms with Crippen LogP contribution in [-0.2, 0) is 9.59 Å². The fourth-order valence-electron chi connectivity index (χ4n) is 0.880. The largest absolute Gasteiger partial charge is 0.446 e. The van der Waals surface area contributed by atoms with Gasteiger partial charge in [0, 0.05) is 4.91 Å². The Morgan fingerprint density at radius 3 is 2.27 bits per heavy atom. The molecule has 0 fully saturated rings. The van der Waals surface area contributed by atoms with Gasteiger partial charge in [-0.15, -0.1) is 0 Å². The number of carbonyl (C=O) groups is 2. The van der Waals surface area contributed by atoms with Crippen LogP contribution in [0.1, 0.15) is 0 Å². The zero-order valence-electron chi connectivity index (χ0n) is 7.30. The predicted octanol–water partition coefficient (Wildman–Crippen LogP) is 2.39. The highest BCUT2D eigenvalue weighted by molar-refractivity contribution is 8.04. The SMILES string of the molecule is C=C(SC(F)(F)F)C1=CC(=O)C(=O)C=C1. The van der Waals surface area contributed by atoms with Gasteiger partial charge in [-0.05, 0) is 35.6 Å². The van der Waals surface area contributed by atoms with Gasteiger partial charge in [0.15, 0.2) is 0 Å². The minimum absolute atomic E-state index is 0.0157. The van der Waals surface area contributed by atoms with E-state index in [4.69, 9.17) is 0 Å².